The third kappa shape index (κ3) is 5.63. The van der Waals surface area contributed by atoms with E-state index >= 15 is 0 Å². The van der Waals surface area contributed by atoms with Crippen LogP contribution < -0.4 is 4.74 Å². The number of amides is 1. The van der Waals surface area contributed by atoms with Crippen molar-refractivity contribution in [2.24, 2.45) is 0 Å². The van der Waals surface area contributed by atoms with Crippen molar-refractivity contribution in [3.63, 3.8) is 0 Å². The maximum atomic E-state index is 13.3. The summed E-state index contributed by atoms with van der Waals surface area (Å²) in [5.41, 5.74) is 1.02. The molecular formula is C23H25ClFN5O2. The Bertz CT molecular complexity index is 1010. The summed E-state index contributed by atoms with van der Waals surface area (Å²) in [5.74, 6) is 0.277. The molecule has 0 N–H and O–H groups in total. The molecule has 1 saturated heterocycles. The van der Waals surface area contributed by atoms with Crippen LogP contribution >= 0.6 is 11.6 Å². The molecule has 0 saturated carbocycles. The zero-order valence-corrected chi connectivity index (χ0v) is 18.5. The molecule has 1 aliphatic rings. The second-order valence-corrected chi connectivity index (χ2v) is 8.40. The van der Waals surface area contributed by atoms with Gasteiger partial charge >= 0.3 is 0 Å². The lowest BCUT2D eigenvalue weighted by Crippen LogP contribution is -2.60. The fourth-order valence-electron chi connectivity index (χ4n) is 3.95. The van der Waals surface area contributed by atoms with Crippen LogP contribution in [0.25, 0.3) is 0 Å². The summed E-state index contributed by atoms with van der Waals surface area (Å²) in [7, 11) is 0. The number of nitrogens with zero attached hydrogens (tertiary/aromatic N) is 5. The quantitative estimate of drug-likeness (QED) is 0.545. The summed E-state index contributed by atoms with van der Waals surface area (Å²) >= 11 is 5.90. The van der Waals surface area contributed by atoms with Gasteiger partial charge in [-0.3, -0.25) is 14.4 Å². The molecule has 0 radical (unpaired) electrons. The highest BCUT2D eigenvalue weighted by atomic mass is 35.5. The summed E-state index contributed by atoms with van der Waals surface area (Å²) in [6, 6.07) is 13.5. The van der Waals surface area contributed by atoms with Crippen LogP contribution in [0, 0.1) is 5.82 Å². The average molecular weight is 458 g/mol. The summed E-state index contributed by atoms with van der Waals surface area (Å²) in [6.07, 6.45) is 3.17. The molecule has 4 rings (SSSR count). The van der Waals surface area contributed by atoms with Crippen LogP contribution in [0.4, 0.5) is 4.39 Å². The number of hydrogen-bond donors (Lipinski definition) is 0. The molecule has 0 unspecified atom stereocenters. The number of carbonyl (C=O) groups excluding carboxylic acids is 1. The first-order valence-electron chi connectivity index (χ1n) is 10.5. The number of benzene rings is 2. The molecule has 0 bridgehead atoms. The molecule has 0 spiro atoms. The van der Waals surface area contributed by atoms with Crippen LogP contribution in [0.15, 0.2) is 61.2 Å². The minimum Gasteiger partial charge on any atom is -0.484 e. The third-order valence-corrected chi connectivity index (χ3v) is 5.87. The van der Waals surface area contributed by atoms with Crippen molar-refractivity contribution in [1.82, 2.24) is 24.6 Å². The molecule has 32 heavy (non-hydrogen) atoms. The van der Waals surface area contributed by atoms with Gasteiger partial charge in [0.2, 0.25) is 0 Å². The molecule has 2 atom stereocenters. The maximum absolute atomic E-state index is 13.3. The second-order valence-electron chi connectivity index (χ2n) is 7.96. The highest BCUT2D eigenvalue weighted by molar-refractivity contribution is 6.30. The molecule has 9 heteroatoms. The van der Waals surface area contributed by atoms with E-state index in [0.29, 0.717) is 37.0 Å². The Balaban J connectivity index is 1.44. The van der Waals surface area contributed by atoms with E-state index in [1.165, 1.54) is 18.5 Å². The maximum Gasteiger partial charge on any atom is 0.260 e. The molecule has 1 amide bonds. The van der Waals surface area contributed by atoms with Gasteiger partial charge in [0.15, 0.2) is 6.61 Å². The number of aromatic nitrogens is 3. The summed E-state index contributed by atoms with van der Waals surface area (Å²) < 4.78 is 20.8. The predicted molar refractivity (Wildman–Crippen MR) is 119 cm³/mol. The van der Waals surface area contributed by atoms with Gasteiger partial charge in [-0.1, -0.05) is 23.7 Å². The van der Waals surface area contributed by atoms with E-state index in [0.717, 1.165) is 5.56 Å². The predicted octanol–water partition coefficient (Wildman–Crippen LogP) is 3.25. The Morgan fingerprint density at radius 1 is 1.16 bits per heavy atom. The van der Waals surface area contributed by atoms with Crippen molar-refractivity contribution in [1.29, 1.82) is 0 Å². The third-order valence-electron chi connectivity index (χ3n) is 5.61. The molecule has 1 fully saturated rings. The molecule has 2 heterocycles. The minimum atomic E-state index is -0.252. The van der Waals surface area contributed by atoms with E-state index in [2.05, 4.69) is 15.0 Å². The zero-order chi connectivity index (χ0) is 22.5. The molecule has 7 nitrogen and oxygen atoms in total. The Morgan fingerprint density at radius 3 is 2.59 bits per heavy atom. The number of ether oxygens (including phenoxy) is 1. The van der Waals surface area contributed by atoms with Gasteiger partial charge in [0.25, 0.3) is 5.91 Å². The van der Waals surface area contributed by atoms with E-state index in [-0.39, 0.29) is 30.4 Å². The highest BCUT2D eigenvalue weighted by Gasteiger charge is 2.34. The van der Waals surface area contributed by atoms with Gasteiger partial charge in [-0.15, -0.1) is 0 Å². The number of piperazine rings is 1. The van der Waals surface area contributed by atoms with E-state index in [9.17, 15) is 9.18 Å². The Labute approximate surface area is 191 Å². The first-order valence-corrected chi connectivity index (χ1v) is 10.8. The summed E-state index contributed by atoms with van der Waals surface area (Å²) in [4.78, 5) is 21.2. The normalized spacial score (nSPS) is 19.2. The van der Waals surface area contributed by atoms with Crippen LogP contribution in [0.5, 0.6) is 5.75 Å². The number of halogens is 2. The van der Waals surface area contributed by atoms with Gasteiger partial charge in [0, 0.05) is 36.7 Å². The van der Waals surface area contributed by atoms with Gasteiger partial charge in [0.1, 0.15) is 24.2 Å². The zero-order valence-electron chi connectivity index (χ0n) is 17.8. The molecule has 3 aromatic rings. The Hall–Kier alpha value is -2.97. The first-order chi connectivity index (χ1) is 15.5. The lowest BCUT2D eigenvalue weighted by molar-refractivity contribution is -0.140. The molecule has 2 aromatic carbocycles. The van der Waals surface area contributed by atoms with Crippen LogP contribution in [-0.2, 0) is 17.9 Å². The van der Waals surface area contributed by atoms with Crippen molar-refractivity contribution in [2.75, 3.05) is 19.7 Å². The molecular weight excluding hydrogens is 433 g/mol. The van der Waals surface area contributed by atoms with E-state index in [1.807, 2.05) is 11.8 Å². The highest BCUT2D eigenvalue weighted by Crippen LogP contribution is 2.21. The fraction of sp³-hybridized carbons (Fsp3) is 0.348. The van der Waals surface area contributed by atoms with Gasteiger partial charge in [-0.25, -0.2) is 9.37 Å². The smallest absolute Gasteiger partial charge is 0.260 e. The second kappa shape index (κ2) is 10.1. The van der Waals surface area contributed by atoms with Crippen molar-refractivity contribution < 1.29 is 13.9 Å². The number of hydrogen-bond acceptors (Lipinski definition) is 5. The Morgan fingerprint density at radius 2 is 1.91 bits per heavy atom. The SMILES string of the molecule is C[C@@H]1CN(Cc2ccc(F)cc2)[C@@H](Cn2cncn2)CN1C(=O)COc1ccc(Cl)cc1. The average Bonchev–Trinajstić information content (AvgIpc) is 3.29. The molecule has 0 aliphatic carbocycles. The minimum absolute atomic E-state index is 0.00348. The summed E-state index contributed by atoms with van der Waals surface area (Å²) in [6.45, 7) is 4.46. The van der Waals surface area contributed by atoms with E-state index in [1.54, 1.807) is 47.4 Å². The van der Waals surface area contributed by atoms with Crippen LogP contribution in [0.3, 0.4) is 0 Å². The Kier molecular flexibility index (Phi) is 7.02. The van der Waals surface area contributed by atoms with E-state index in [4.69, 9.17) is 16.3 Å². The van der Waals surface area contributed by atoms with Crippen molar-refractivity contribution in [3.05, 3.63) is 77.6 Å². The standard InChI is InChI=1S/C23H25ClFN5O2/c1-17-10-28(11-18-2-6-20(25)7-3-18)21(12-29-16-26-15-27-29)13-30(17)23(31)14-32-22-8-4-19(24)5-9-22/h2-9,15-17,21H,10-14H2,1H3/t17-,21+/m1/s1. The van der Waals surface area contributed by atoms with Gasteiger partial charge in [0.05, 0.1) is 6.54 Å². The van der Waals surface area contributed by atoms with Gasteiger partial charge < -0.3 is 9.64 Å². The fourth-order valence-corrected chi connectivity index (χ4v) is 4.08. The monoisotopic (exact) mass is 457 g/mol. The molecule has 1 aromatic heterocycles. The lowest BCUT2D eigenvalue weighted by Gasteiger charge is -2.45. The van der Waals surface area contributed by atoms with Crippen LogP contribution in [0.1, 0.15) is 12.5 Å². The van der Waals surface area contributed by atoms with Crippen molar-refractivity contribution in [2.45, 2.75) is 32.1 Å². The van der Waals surface area contributed by atoms with Crippen molar-refractivity contribution >= 4 is 17.5 Å². The lowest BCUT2D eigenvalue weighted by atomic mass is 10.1. The van der Waals surface area contributed by atoms with E-state index < -0.39 is 0 Å². The first kappa shape index (κ1) is 22.2. The summed E-state index contributed by atoms with van der Waals surface area (Å²) in [5, 5.41) is 4.84. The van der Waals surface area contributed by atoms with Gasteiger partial charge in [-0.2, -0.15) is 5.10 Å². The largest absolute Gasteiger partial charge is 0.484 e. The van der Waals surface area contributed by atoms with Gasteiger partial charge in [-0.05, 0) is 48.9 Å². The number of rotatable bonds is 7. The van der Waals surface area contributed by atoms with Crippen molar-refractivity contribution in [3.8, 4) is 5.75 Å². The molecule has 168 valence electrons. The molecule has 1 aliphatic heterocycles. The van der Waals surface area contributed by atoms with Crippen LogP contribution in [0.2, 0.25) is 5.02 Å². The topological polar surface area (TPSA) is 63.5 Å². The number of carbonyl (C=O) groups is 1. The van der Waals surface area contributed by atoms with Crippen LogP contribution in [-0.4, -0.2) is 62.3 Å².